The highest BCUT2D eigenvalue weighted by Crippen LogP contribution is 2.41. The van der Waals surface area contributed by atoms with Gasteiger partial charge in [0.05, 0.1) is 24.4 Å². The number of aromatic nitrogens is 3. The third-order valence-corrected chi connectivity index (χ3v) is 6.67. The number of nitrogens with one attached hydrogen (secondary N) is 1. The van der Waals surface area contributed by atoms with Crippen LogP contribution in [-0.4, -0.2) is 45.0 Å². The normalized spacial score (nSPS) is 19.3. The lowest BCUT2D eigenvalue weighted by Gasteiger charge is -2.19. The van der Waals surface area contributed by atoms with Crippen molar-refractivity contribution in [2.45, 2.75) is 62.4 Å². The Balaban J connectivity index is 1.39. The van der Waals surface area contributed by atoms with Crippen LogP contribution >= 0.6 is 11.8 Å². The molecule has 1 aliphatic heterocycles. The predicted molar refractivity (Wildman–Crippen MR) is 117 cm³/mol. The van der Waals surface area contributed by atoms with Crippen LogP contribution in [0.2, 0.25) is 0 Å². The first kappa shape index (κ1) is 21.8. The number of amides is 2. The van der Waals surface area contributed by atoms with Crippen molar-refractivity contribution in [2.24, 2.45) is 11.7 Å². The molecule has 1 aromatic carbocycles. The van der Waals surface area contributed by atoms with Crippen molar-refractivity contribution in [3.63, 3.8) is 0 Å². The first-order valence-electron chi connectivity index (χ1n) is 10.9. The molecule has 1 aromatic heterocycles. The van der Waals surface area contributed by atoms with Crippen LogP contribution in [0.3, 0.4) is 0 Å². The molecule has 0 spiro atoms. The summed E-state index contributed by atoms with van der Waals surface area (Å²) in [6.07, 6.45) is 5.06. The van der Waals surface area contributed by atoms with Gasteiger partial charge in [0.1, 0.15) is 5.82 Å². The van der Waals surface area contributed by atoms with Crippen LogP contribution in [0.25, 0.3) is 0 Å². The molecule has 1 aliphatic carbocycles. The fourth-order valence-corrected chi connectivity index (χ4v) is 4.71. The minimum absolute atomic E-state index is 0.0175. The summed E-state index contributed by atoms with van der Waals surface area (Å²) in [4.78, 5) is 23.9. The Labute approximate surface area is 186 Å². The number of nitrogens with zero attached hydrogens (tertiary/aromatic N) is 3. The van der Waals surface area contributed by atoms with Crippen LogP contribution in [0.15, 0.2) is 35.5 Å². The lowest BCUT2D eigenvalue weighted by Crippen LogP contribution is -2.31. The molecule has 31 heavy (non-hydrogen) atoms. The summed E-state index contributed by atoms with van der Waals surface area (Å²) >= 11 is 1.37. The number of hydrogen-bond donors (Lipinski definition) is 2. The largest absolute Gasteiger partial charge is 0.376 e. The van der Waals surface area contributed by atoms with Gasteiger partial charge in [-0.15, -0.1) is 10.2 Å². The number of primary amides is 1. The zero-order chi connectivity index (χ0) is 21.6. The second-order valence-electron chi connectivity index (χ2n) is 8.19. The lowest BCUT2D eigenvalue weighted by atomic mass is 10.0. The Bertz CT molecular complexity index is 894. The van der Waals surface area contributed by atoms with Crippen molar-refractivity contribution in [3.8, 4) is 0 Å². The number of thioether (sulfide) groups is 1. The minimum Gasteiger partial charge on any atom is -0.376 e. The average molecular weight is 444 g/mol. The van der Waals surface area contributed by atoms with Crippen LogP contribution in [-0.2, 0) is 27.3 Å². The standard InChI is InChI=1S/C22H29N5O3S/c23-18(28)10-11-19-25-26-22(27(19)13-17-7-4-12-30-17)31-14-20(29)24-21(16-8-9-16)15-5-2-1-3-6-15/h1-3,5-6,16-17,21H,4,7-14H2,(H2,23,28)(H,24,29). The molecule has 166 valence electrons. The zero-order valence-electron chi connectivity index (χ0n) is 17.5. The van der Waals surface area contributed by atoms with Gasteiger partial charge in [-0.1, -0.05) is 42.1 Å². The fourth-order valence-electron chi connectivity index (χ4n) is 3.93. The highest BCUT2D eigenvalue weighted by molar-refractivity contribution is 7.99. The van der Waals surface area contributed by atoms with E-state index in [2.05, 4.69) is 27.6 Å². The van der Waals surface area contributed by atoms with Gasteiger partial charge in [-0.3, -0.25) is 9.59 Å². The third kappa shape index (κ3) is 6.07. The smallest absolute Gasteiger partial charge is 0.230 e. The van der Waals surface area contributed by atoms with Gasteiger partial charge in [0.25, 0.3) is 0 Å². The number of carbonyl (C=O) groups excluding carboxylic acids is 2. The summed E-state index contributed by atoms with van der Waals surface area (Å²) in [5.74, 6) is 1.09. The summed E-state index contributed by atoms with van der Waals surface area (Å²) in [6, 6.07) is 10.2. The van der Waals surface area contributed by atoms with Crippen LogP contribution < -0.4 is 11.1 Å². The summed E-state index contributed by atoms with van der Waals surface area (Å²) in [6.45, 7) is 1.39. The maximum Gasteiger partial charge on any atom is 0.230 e. The molecule has 0 radical (unpaired) electrons. The van der Waals surface area contributed by atoms with E-state index >= 15 is 0 Å². The van der Waals surface area contributed by atoms with E-state index in [1.54, 1.807) is 0 Å². The van der Waals surface area contributed by atoms with Crippen LogP contribution in [0.5, 0.6) is 0 Å². The second kappa shape index (κ2) is 10.3. The zero-order valence-corrected chi connectivity index (χ0v) is 18.4. The van der Waals surface area contributed by atoms with E-state index in [9.17, 15) is 9.59 Å². The van der Waals surface area contributed by atoms with Crippen molar-refractivity contribution in [1.29, 1.82) is 0 Å². The number of carbonyl (C=O) groups is 2. The molecule has 4 rings (SSSR count). The minimum atomic E-state index is -0.368. The van der Waals surface area contributed by atoms with Crippen molar-refractivity contribution in [3.05, 3.63) is 41.7 Å². The molecule has 2 heterocycles. The molecule has 8 nitrogen and oxygen atoms in total. The first-order chi connectivity index (χ1) is 15.1. The van der Waals surface area contributed by atoms with Crippen LogP contribution in [0.4, 0.5) is 0 Å². The number of nitrogens with two attached hydrogens (primary N) is 1. The Morgan fingerprint density at radius 1 is 1.23 bits per heavy atom. The molecule has 2 amide bonds. The molecular formula is C22H29N5O3S. The summed E-state index contributed by atoms with van der Waals surface area (Å²) in [5.41, 5.74) is 6.46. The van der Waals surface area contributed by atoms with Gasteiger partial charge in [0.2, 0.25) is 11.8 Å². The van der Waals surface area contributed by atoms with E-state index < -0.39 is 0 Å². The molecule has 3 N–H and O–H groups in total. The van der Waals surface area contributed by atoms with Gasteiger partial charge in [0, 0.05) is 19.4 Å². The molecule has 1 saturated heterocycles. The van der Waals surface area contributed by atoms with Crippen molar-refractivity contribution < 1.29 is 14.3 Å². The van der Waals surface area contributed by atoms with E-state index in [-0.39, 0.29) is 36.1 Å². The maximum absolute atomic E-state index is 12.7. The number of hydrogen-bond acceptors (Lipinski definition) is 6. The number of ether oxygens (including phenoxy) is 1. The summed E-state index contributed by atoms with van der Waals surface area (Å²) in [7, 11) is 0. The Morgan fingerprint density at radius 2 is 2.03 bits per heavy atom. The van der Waals surface area contributed by atoms with Crippen molar-refractivity contribution >= 4 is 23.6 Å². The van der Waals surface area contributed by atoms with E-state index in [1.165, 1.54) is 11.8 Å². The van der Waals surface area contributed by atoms with Crippen LogP contribution in [0.1, 0.15) is 49.5 Å². The first-order valence-corrected chi connectivity index (χ1v) is 11.9. The molecule has 1 saturated carbocycles. The predicted octanol–water partition coefficient (Wildman–Crippen LogP) is 2.23. The van der Waals surface area contributed by atoms with Gasteiger partial charge >= 0.3 is 0 Å². The molecule has 2 atom stereocenters. The van der Waals surface area contributed by atoms with Gasteiger partial charge in [-0.25, -0.2) is 0 Å². The van der Waals surface area contributed by atoms with Crippen LogP contribution in [0, 0.1) is 5.92 Å². The van der Waals surface area contributed by atoms with Gasteiger partial charge in [-0.2, -0.15) is 0 Å². The topological polar surface area (TPSA) is 112 Å². The number of aryl methyl sites for hydroxylation is 1. The maximum atomic E-state index is 12.7. The number of benzene rings is 1. The molecule has 2 fully saturated rings. The van der Waals surface area contributed by atoms with Crippen molar-refractivity contribution in [2.75, 3.05) is 12.4 Å². The molecule has 0 bridgehead atoms. The fraction of sp³-hybridized carbons (Fsp3) is 0.545. The van der Waals surface area contributed by atoms with E-state index in [1.807, 2.05) is 22.8 Å². The third-order valence-electron chi connectivity index (χ3n) is 5.70. The SMILES string of the molecule is NC(=O)CCc1nnc(SCC(=O)NC(c2ccccc2)C2CC2)n1CC1CCCO1. The van der Waals surface area contributed by atoms with Gasteiger partial charge in [-0.05, 0) is 37.2 Å². The van der Waals surface area contributed by atoms with E-state index in [4.69, 9.17) is 10.5 Å². The molecular weight excluding hydrogens is 414 g/mol. The quantitative estimate of drug-likeness (QED) is 0.515. The Kier molecular flexibility index (Phi) is 7.24. The highest BCUT2D eigenvalue weighted by atomic mass is 32.2. The lowest BCUT2D eigenvalue weighted by molar-refractivity contribution is -0.119. The van der Waals surface area contributed by atoms with E-state index in [0.717, 1.165) is 37.9 Å². The monoisotopic (exact) mass is 443 g/mol. The van der Waals surface area contributed by atoms with Crippen molar-refractivity contribution in [1.82, 2.24) is 20.1 Å². The Morgan fingerprint density at radius 3 is 2.71 bits per heavy atom. The molecule has 2 unspecified atom stereocenters. The van der Waals surface area contributed by atoms with Gasteiger partial charge < -0.3 is 20.4 Å². The molecule has 2 aromatic rings. The van der Waals surface area contributed by atoms with E-state index in [0.29, 0.717) is 29.9 Å². The second-order valence-corrected chi connectivity index (χ2v) is 9.14. The summed E-state index contributed by atoms with van der Waals surface area (Å²) in [5, 5.41) is 12.4. The number of rotatable bonds is 11. The summed E-state index contributed by atoms with van der Waals surface area (Å²) < 4.78 is 7.74. The Hall–Kier alpha value is -2.39. The average Bonchev–Trinajstić information content (AvgIpc) is 3.34. The molecule has 9 heteroatoms. The van der Waals surface area contributed by atoms with Gasteiger partial charge in [0.15, 0.2) is 5.16 Å². The highest BCUT2D eigenvalue weighted by Gasteiger charge is 2.33. The molecule has 2 aliphatic rings.